The number of halogens is 2. The quantitative estimate of drug-likeness (QED) is 0.458. The van der Waals surface area contributed by atoms with Crippen LogP contribution in [-0.4, -0.2) is 19.5 Å². The summed E-state index contributed by atoms with van der Waals surface area (Å²) in [5.41, 5.74) is 2.56. The predicted molar refractivity (Wildman–Crippen MR) is 105 cm³/mol. The Balaban J connectivity index is 1.51. The molecule has 3 aromatic carbocycles. The molecule has 4 nitrogen and oxygen atoms in total. The van der Waals surface area contributed by atoms with Gasteiger partial charge in [0.2, 0.25) is 0 Å². The largest absolute Gasteiger partial charge is 0.331 e. The van der Waals surface area contributed by atoms with Gasteiger partial charge in [-0.25, -0.2) is 23.7 Å². The smallest absolute Gasteiger partial charge is 0.151 e. The number of imidazole rings is 1. The van der Waals surface area contributed by atoms with Crippen LogP contribution in [0, 0.1) is 11.6 Å². The van der Waals surface area contributed by atoms with E-state index in [1.807, 2.05) is 19.2 Å². The maximum Gasteiger partial charge on any atom is 0.151 e. The number of fused-ring (bicyclic) bond motifs is 4. The fourth-order valence-electron chi connectivity index (χ4n) is 3.63. The van der Waals surface area contributed by atoms with Gasteiger partial charge in [0.15, 0.2) is 11.6 Å². The zero-order valence-electron chi connectivity index (χ0n) is 15.2. The van der Waals surface area contributed by atoms with Gasteiger partial charge in [0.25, 0.3) is 0 Å². The fraction of sp³-hybridized carbons (Fsp3) is 0.136. The third-order valence-electron chi connectivity index (χ3n) is 5.12. The number of rotatable bonds is 3. The van der Waals surface area contributed by atoms with Gasteiger partial charge in [-0.15, -0.1) is 0 Å². The number of nitrogens with zero attached hydrogens (tertiary/aromatic N) is 4. The molecule has 0 saturated heterocycles. The molecule has 0 fully saturated rings. The van der Waals surface area contributed by atoms with Crippen LogP contribution in [0.15, 0.2) is 54.7 Å². The molecule has 0 amide bonds. The molecule has 138 valence electrons. The van der Waals surface area contributed by atoms with Gasteiger partial charge >= 0.3 is 0 Å². The van der Waals surface area contributed by atoms with Crippen LogP contribution in [-0.2, 0) is 19.9 Å². The Hall–Kier alpha value is -3.41. The number of benzene rings is 3. The lowest BCUT2D eigenvalue weighted by molar-refractivity contribution is 0.611. The Morgan fingerprint density at radius 3 is 2.46 bits per heavy atom. The number of hydrogen-bond donors (Lipinski definition) is 0. The molecular formula is C22H16F2N4. The van der Waals surface area contributed by atoms with Crippen LogP contribution in [0.4, 0.5) is 8.78 Å². The van der Waals surface area contributed by atoms with Gasteiger partial charge in [-0.2, -0.15) is 0 Å². The molecule has 2 aromatic heterocycles. The van der Waals surface area contributed by atoms with Crippen molar-refractivity contribution in [3.05, 3.63) is 77.9 Å². The molecule has 0 atom stereocenters. The highest BCUT2D eigenvalue weighted by Gasteiger charge is 2.13. The minimum absolute atomic E-state index is 0.0338. The van der Waals surface area contributed by atoms with E-state index >= 15 is 0 Å². The predicted octanol–water partition coefficient (Wildman–Crippen LogP) is 4.73. The molecule has 0 saturated carbocycles. The molecular weight excluding hydrogens is 358 g/mol. The van der Waals surface area contributed by atoms with Crippen LogP contribution in [0.3, 0.4) is 0 Å². The first-order chi connectivity index (χ1) is 13.6. The van der Waals surface area contributed by atoms with Gasteiger partial charge in [-0.3, -0.25) is 0 Å². The van der Waals surface area contributed by atoms with Crippen molar-refractivity contribution in [1.82, 2.24) is 19.5 Å². The first kappa shape index (κ1) is 16.7. The number of aromatic nitrogens is 4. The summed E-state index contributed by atoms with van der Waals surface area (Å²) in [4.78, 5) is 13.2. The maximum absolute atomic E-state index is 14.0. The summed E-state index contributed by atoms with van der Waals surface area (Å²) in [7, 11) is 1.99. The van der Waals surface area contributed by atoms with E-state index < -0.39 is 11.6 Å². The SMILES string of the molecule is Cn1c(CCc2cnc3c(F)ccc(F)c3n2)nc2c3ccccc3ccc21. The molecule has 2 heterocycles. The molecule has 5 aromatic rings. The van der Waals surface area contributed by atoms with Crippen LogP contribution in [0.5, 0.6) is 0 Å². The summed E-state index contributed by atoms with van der Waals surface area (Å²) >= 11 is 0. The Kier molecular flexibility index (Phi) is 3.79. The summed E-state index contributed by atoms with van der Waals surface area (Å²) < 4.78 is 29.8. The summed E-state index contributed by atoms with van der Waals surface area (Å²) in [5, 5.41) is 2.27. The van der Waals surface area contributed by atoms with Gasteiger partial charge in [0.1, 0.15) is 16.9 Å². The van der Waals surface area contributed by atoms with Gasteiger partial charge in [0.05, 0.1) is 16.7 Å². The van der Waals surface area contributed by atoms with E-state index in [1.54, 1.807) is 0 Å². The molecule has 0 N–H and O–H groups in total. The van der Waals surface area contributed by atoms with Crippen LogP contribution in [0.25, 0.3) is 32.8 Å². The van der Waals surface area contributed by atoms with E-state index in [4.69, 9.17) is 4.98 Å². The first-order valence-electron chi connectivity index (χ1n) is 9.04. The average Bonchev–Trinajstić information content (AvgIpc) is 3.05. The average molecular weight is 374 g/mol. The van der Waals surface area contributed by atoms with E-state index in [0.717, 1.165) is 39.8 Å². The molecule has 0 aliphatic rings. The Morgan fingerprint density at radius 1 is 0.821 bits per heavy atom. The molecule has 0 spiro atoms. The van der Waals surface area contributed by atoms with E-state index in [0.29, 0.717) is 18.5 Å². The van der Waals surface area contributed by atoms with Crippen molar-refractivity contribution < 1.29 is 8.78 Å². The molecule has 0 bridgehead atoms. The lowest BCUT2D eigenvalue weighted by atomic mass is 10.1. The van der Waals surface area contributed by atoms with E-state index in [9.17, 15) is 8.78 Å². The maximum atomic E-state index is 14.0. The van der Waals surface area contributed by atoms with Gasteiger partial charge < -0.3 is 4.57 Å². The second-order valence-corrected chi connectivity index (χ2v) is 6.83. The zero-order chi connectivity index (χ0) is 19.3. The highest BCUT2D eigenvalue weighted by molar-refractivity contribution is 6.04. The highest BCUT2D eigenvalue weighted by Crippen LogP contribution is 2.25. The van der Waals surface area contributed by atoms with Gasteiger partial charge in [-0.1, -0.05) is 30.3 Å². The van der Waals surface area contributed by atoms with Crippen LogP contribution >= 0.6 is 0 Å². The van der Waals surface area contributed by atoms with Crippen molar-refractivity contribution in [3.63, 3.8) is 0 Å². The van der Waals surface area contributed by atoms with Crippen LogP contribution in [0.1, 0.15) is 11.5 Å². The van der Waals surface area contributed by atoms with Crippen molar-refractivity contribution in [2.75, 3.05) is 0 Å². The fourth-order valence-corrected chi connectivity index (χ4v) is 3.63. The summed E-state index contributed by atoms with van der Waals surface area (Å²) in [5.74, 6) is -0.231. The van der Waals surface area contributed by atoms with E-state index in [-0.39, 0.29) is 11.0 Å². The van der Waals surface area contributed by atoms with Crippen LogP contribution < -0.4 is 0 Å². The Labute approximate surface area is 159 Å². The van der Waals surface area contributed by atoms with Crippen molar-refractivity contribution in [1.29, 1.82) is 0 Å². The molecule has 0 radical (unpaired) electrons. The third-order valence-corrected chi connectivity index (χ3v) is 5.12. The molecule has 6 heteroatoms. The van der Waals surface area contributed by atoms with E-state index in [2.05, 4.69) is 38.8 Å². The first-order valence-corrected chi connectivity index (χ1v) is 9.04. The monoisotopic (exact) mass is 374 g/mol. The van der Waals surface area contributed by atoms with Crippen molar-refractivity contribution in [3.8, 4) is 0 Å². The van der Waals surface area contributed by atoms with Crippen molar-refractivity contribution >= 4 is 32.8 Å². The number of hydrogen-bond acceptors (Lipinski definition) is 3. The molecule has 0 aliphatic heterocycles. The van der Waals surface area contributed by atoms with E-state index in [1.165, 1.54) is 6.20 Å². The molecule has 0 unspecified atom stereocenters. The molecule has 28 heavy (non-hydrogen) atoms. The van der Waals surface area contributed by atoms with Gasteiger partial charge in [-0.05, 0) is 30.0 Å². The Morgan fingerprint density at radius 2 is 1.61 bits per heavy atom. The minimum Gasteiger partial charge on any atom is -0.331 e. The Bertz CT molecular complexity index is 1360. The van der Waals surface area contributed by atoms with Gasteiger partial charge in [0, 0.05) is 25.1 Å². The van der Waals surface area contributed by atoms with Crippen molar-refractivity contribution in [2.45, 2.75) is 12.8 Å². The summed E-state index contributed by atoms with van der Waals surface area (Å²) in [6, 6.07) is 14.5. The van der Waals surface area contributed by atoms with Crippen molar-refractivity contribution in [2.24, 2.45) is 7.05 Å². The summed E-state index contributed by atoms with van der Waals surface area (Å²) in [6.45, 7) is 0. The lowest BCUT2D eigenvalue weighted by Gasteiger charge is -2.05. The zero-order valence-corrected chi connectivity index (χ0v) is 15.2. The normalized spacial score (nSPS) is 11.7. The second-order valence-electron chi connectivity index (χ2n) is 6.83. The summed E-state index contributed by atoms with van der Waals surface area (Å²) in [6.07, 6.45) is 2.66. The number of aryl methyl sites for hydroxylation is 3. The lowest BCUT2D eigenvalue weighted by Crippen LogP contribution is -2.03. The molecule has 0 aliphatic carbocycles. The topological polar surface area (TPSA) is 43.6 Å². The minimum atomic E-state index is -0.572. The standard InChI is InChI=1S/C22H16F2N4/c1-28-18-10-6-13-4-2-3-5-15(13)20(18)27-19(28)11-7-14-12-25-21-16(23)8-9-17(24)22(21)26-14/h2-6,8-10,12H,7,11H2,1H3. The van der Waals surface area contributed by atoms with Crippen LogP contribution in [0.2, 0.25) is 0 Å². The second kappa shape index (κ2) is 6.34. The highest BCUT2D eigenvalue weighted by atomic mass is 19.1. The molecule has 5 rings (SSSR count). The third kappa shape index (κ3) is 2.60.